The number of carbonyl (C=O) groups is 1. The van der Waals surface area contributed by atoms with Crippen molar-refractivity contribution in [2.45, 2.75) is 12.7 Å². The van der Waals surface area contributed by atoms with Crippen molar-refractivity contribution in [3.63, 3.8) is 0 Å². The molecule has 1 fully saturated rings. The minimum atomic E-state index is 0.190. The predicted molar refractivity (Wildman–Crippen MR) is 104 cm³/mol. The molecule has 3 rings (SSSR count). The SMILES string of the molecule is Cc1nc(CSCC(=O)N2CCN(C/C=C/c3ccccc3)CC2)no1. The molecule has 1 aromatic heterocycles. The van der Waals surface area contributed by atoms with Crippen molar-refractivity contribution in [2.75, 3.05) is 38.5 Å². The third-order valence-electron chi connectivity index (χ3n) is 4.22. The predicted octanol–water partition coefficient (Wildman–Crippen LogP) is 2.47. The summed E-state index contributed by atoms with van der Waals surface area (Å²) in [6, 6.07) is 10.3. The van der Waals surface area contributed by atoms with E-state index in [9.17, 15) is 4.79 Å². The Morgan fingerprint density at radius 2 is 2.00 bits per heavy atom. The smallest absolute Gasteiger partial charge is 0.232 e. The van der Waals surface area contributed by atoms with E-state index in [1.807, 2.05) is 23.1 Å². The summed E-state index contributed by atoms with van der Waals surface area (Å²) in [7, 11) is 0. The number of carbonyl (C=O) groups excluding carboxylic acids is 1. The maximum Gasteiger partial charge on any atom is 0.232 e. The van der Waals surface area contributed by atoms with Crippen molar-refractivity contribution < 1.29 is 9.32 Å². The average Bonchev–Trinajstić information content (AvgIpc) is 3.08. The third kappa shape index (κ3) is 5.71. The number of aryl methyl sites for hydroxylation is 1. The van der Waals surface area contributed by atoms with Gasteiger partial charge in [0, 0.05) is 39.6 Å². The lowest BCUT2D eigenvalue weighted by atomic mass is 10.2. The Kier molecular flexibility index (Phi) is 6.85. The fourth-order valence-electron chi connectivity index (χ4n) is 2.80. The van der Waals surface area contributed by atoms with E-state index in [1.165, 1.54) is 17.3 Å². The van der Waals surface area contributed by atoms with Gasteiger partial charge in [-0.25, -0.2) is 0 Å². The summed E-state index contributed by atoms with van der Waals surface area (Å²) in [5, 5.41) is 3.84. The molecule has 0 aliphatic carbocycles. The van der Waals surface area contributed by atoms with Gasteiger partial charge in [-0.1, -0.05) is 47.6 Å². The summed E-state index contributed by atoms with van der Waals surface area (Å²) in [6.07, 6.45) is 4.34. The van der Waals surface area contributed by atoms with Crippen molar-refractivity contribution in [1.82, 2.24) is 19.9 Å². The van der Waals surface area contributed by atoms with Crippen LogP contribution in [0.5, 0.6) is 0 Å². The van der Waals surface area contributed by atoms with Crippen LogP contribution in [0.25, 0.3) is 6.08 Å². The molecule has 2 aromatic rings. The molecule has 6 nitrogen and oxygen atoms in total. The summed E-state index contributed by atoms with van der Waals surface area (Å²) >= 11 is 1.53. The molecule has 26 heavy (non-hydrogen) atoms. The second kappa shape index (κ2) is 9.54. The molecule has 1 aliphatic rings. The van der Waals surface area contributed by atoms with Gasteiger partial charge in [-0.05, 0) is 5.56 Å². The molecular weight excluding hydrogens is 348 g/mol. The molecule has 1 aliphatic heterocycles. The second-order valence-corrected chi connectivity index (χ2v) is 7.20. The number of amides is 1. The Hall–Kier alpha value is -2.12. The van der Waals surface area contributed by atoms with Gasteiger partial charge in [-0.3, -0.25) is 9.69 Å². The number of hydrogen-bond acceptors (Lipinski definition) is 6. The molecule has 2 heterocycles. The van der Waals surface area contributed by atoms with Gasteiger partial charge in [0.2, 0.25) is 11.8 Å². The number of rotatable bonds is 7. The number of benzene rings is 1. The number of piperazine rings is 1. The van der Waals surface area contributed by atoms with E-state index in [0.717, 1.165) is 32.7 Å². The molecule has 0 atom stereocenters. The van der Waals surface area contributed by atoms with Crippen LogP contribution in [-0.2, 0) is 10.5 Å². The number of nitrogens with zero attached hydrogens (tertiary/aromatic N) is 4. The molecule has 138 valence electrons. The maximum absolute atomic E-state index is 12.3. The lowest BCUT2D eigenvalue weighted by Crippen LogP contribution is -2.49. The second-order valence-electron chi connectivity index (χ2n) is 6.22. The van der Waals surface area contributed by atoms with E-state index in [4.69, 9.17) is 4.52 Å². The highest BCUT2D eigenvalue weighted by Crippen LogP contribution is 2.12. The van der Waals surface area contributed by atoms with Crippen LogP contribution in [0, 0.1) is 6.92 Å². The first kappa shape index (κ1) is 18.7. The van der Waals surface area contributed by atoms with Crippen LogP contribution in [0.1, 0.15) is 17.3 Å². The standard InChI is InChI=1S/C19H24N4O2S/c1-16-20-18(21-25-16)14-26-15-19(24)23-12-10-22(11-13-23)9-5-8-17-6-3-2-4-7-17/h2-8H,9-15H2,1H3/b8-5+. The molecule has 7 heteroatoms. The quantitative estimate of drug-likeness (QED) is 0.744. The average molecular weight is 372 g/mol. The van der Waals surface area contributed by atoms with Gasteiger partial charge in [0.1, 0.15) is 0 Å². The fraction of sp³-hybridized carbons (Fsp3) is 0.421. The largest absolute Gasteiger partial charge is 0.340 e. The highest BCUT2D eigenvalue weighted by atomic mass is 32.2. The van der Waals surface area contributed by atoms with Crippen LogP contribution >= 0.6 is 11.8 Å². The summed E-state index contributed by atoms with van der Waals surface area (Å²) in [6.45, 7) is 6.10. The molecule has 0 spiro atoms. The van der Waals surface area contributed by atoms with E-state index < -0.39 is 0 Å². The Bertz CT molecular complexity index is 724. The highest BCUT2D eigenvalue weighted by molar-refractivity contribution is 7.99. The maximum atomic E-state index is 12.3. The number of aromatic nitrogens is 2. The van der Waals surface area contributed by atoms with Gasteiger partial charge in [-0.15, -0.1) is 11.8 Å². The lowest BCUT2D eigenvalue weighted by molar-refractivity contribution is -0.129. The first-order valence-corrected chi connectivity index (χ1v) is 9.95. The van der Waals surface area contributed by atoms with E-state index >= 15 is 0 Å². The van der Waals surface area contributed by atoms with Gasteiger partial charge < -0.3 is 9.42 Å². The zero-order valence-corrected chi connectivity index (χ0v) is 15.8. The van der Waals surface area contributed by atoms with Gasteiger partial charge in [0.15, 0.2) is 5.82 Å². The Morgan fingerprint density at radius 3 is 2.69 bits per heavy atom. The molecule has 0 radical (unpaired) electrons. The normalized spacial score (nSPS) is 15.7. The van der Waals surface area contributed by atoms with Crippen molar-refractivity contribution in [3.05, 3.63) is 53.7 Å². The molecule has 1 saturated heterocycles. The van der Waals surface area contributed by atoms with Gasteiger partial charge in [0.25, 0.3) is 0 Å². The van der Waals surface area contributed by atoms with Crippen molar-refractivity contribution >= 4 is 23.7 Å². The Morgan fingerprint density at radius 1 is 1.23 bits per heavy atom. The van der Waals surface area contributed by atoms with Crippen LogP contribution in [-0.4, -0.2) is 64.3 Å². The molecule has 1 aromatic carbocycles. The topological polar surface area (TPSA) is 62.5 Å². The Labute approximate surface area is 158 Å². The van der Waals surface area contributed by atoms with Crippen LogP contribution in [0.4, 0.5) is 0 Å². The minimum absolute atomic E-state index is 0.190. The van der Waals surface area contributed by atoms with Gasteiger partial charge in [-0.2, -0.15) is 4.98 Å². The van der Waals surface area contributed by atoms with Crippen LogP contribution in [0.2, 0.25) is 0 Å². The van der Waals surface area contributed by atoms with E-state index in [-0.39, 0.29) is 5.91 Å². The summed E-state index contributed by atoms with van der Waals surface area (Å²) in [4.78, 5) is 20.8. The van der Waals surface area contributed by atoms with E-state index in [2.05, 4.69) is 39.3 Å². The Balaban J connectivity index is 1.33. The molecule has 0 unspecified atom stereocenters. The zero-order valence-electron chi connectivity index (χ0n) is 15.0. The highest BCUT2D eigenvalue weighted by Gasteiger charge is 2.20. The fourth-order valence-corrected chi connectivity index (χ4v) is 3.56. The summed E-state index contributed by atoms with van der Waals surface area (Å²) in [5.41, 5.74) is 1.22. The first-order valence-electron chi connectivity index (χ1n) is 8.79. The summed E-state index contributed by atoms with van der Waals surface area (Å²) < 4.78 is 4.93. The molecule has 0 bridgehead atoms. The third-order valence-corrected chi connectivity index (χ3v) is 5.14. The molecule has 0 N–H and O–H groups in total. The minimum Gasteiger partial charge on any atom is -0.340 e. The van der Waals surface area contributed by atoms with E-state index in [1.54, 1.807) is 6.92 Å². The van der Waals surface area contributed by atoms with Gasteiger partial charge in [0.05, 0.1) is 11.5 Å². The molecule has 1 amide bonds. The van der Waals surface area contributed by atoms with Crippen LogP contribution in [0.15, 0.2) is 40.9 Å². The molecule has 0 saturated carbocycles. The van der Waals surface area contributed by atoms with Gasteiger partial charge >= 0.3 is 0 Å². The van der Waals surface area contributed by atoms with Crippen LogP contribution in [0.3, 0.4) is 0 Å². The van der Waals surface area contributed by atoms with E-state index in [0.29, 0.717) is 23.2 Å². The monoisotopic (exact) mass is 372 g/mol. The lowest BCUT2D eigenvalue weighted by Gasteiger charge is -2.34. The number of thioether (sulfide) groups is 1. The summed E-state index contributed by atoms with van der Waals surface area (Å²) in [5.74, 6) is 2.46. The zero-order chi connectivity index (χ0) is 18.2. The van der Waals surface area contributed by atoms with Crippen LogP contribution < -0.4 is 0 Å². The van der Waals surface area contributed by atoms with Crippen molar-refractivity contribution in [1.29, 1.82) is 0 Å². The van der Waals surface area contributed by atoms with Crippen molar-refractivity contribution in [2.24, 2.45) is 0 Å². The number of hydrogen-bond donors (Lipinski definition) is 0. The molecular formula is C19H24N4O2S. The first-order chi connectivity index (χ1) is 12.7. The van der Waals surface area contributed by atoms with Crippen molar-refractivity contribution in [3.8, 4) is 0 Å².